The molecule has 0 fully saturated rings. The van der Waals surface area contributed by atoms with E-state index in [0.29, 0.717) is 39.8 Å². The lowest BCUT2D eigenvalue weighted by Crippen LogP contribution is -2.30. The van der Waals surface area contributed by atoms with Gasteiger partial charge in [0.05, 0.1) is 26.7 Å². The van der Waals surface area contributed by atoms with Gasteiger partial charge in [0.15, 0.2) is 5.52 Å². The topological polar surface area (TPSA) is 118 Å². The Kier molecular flexibility index (Phi) is 5.99. The van der Waals surface area contributed by atoms with Crippen LogP contribution < -0.4 is 25.1 Å². The molecule has 2 aromatic heterocycles. The van der Waals surface area contributed by atoms with Gasteiger partial charge in [-0.25, -0.2) is 4.68 Å². The fourth-order valence-corrected chi connectivity index (χ4v) is 3.41. The molecule has 0 aliphatic carbocycles. The van der Waals surface area contributed by atoms with Gasteiger partial charge in [-0.3, -0.25) is 9.59 Å². The van der Waals surface area contributed by atoms with Gasteiger partial charge in [-0.2, -0.15) is 5.10 Å². The summed E-state index contributed by atoms with van der Waals surface area (Å²) in [6.45, 7) is 1.38. The first-order valence-corrected chi connectivity index (χ1v) is 9.98. The van der Waals surface area contributed by atoms with Crippen molar-refractivity contribution < 1.29 is 23.5 Å². The molecule has 2 heterocycles. The Hall–Kier alpha value is -4.34. The fraction of sp³-hybridized carbons (Fsp3) is 0.217. The molecule has 0 aliphatic rings. The number of nitrogens with one attached hydrogen (secondary N) is 1. The van der Waals surface area contributed by atoms with E-state index in [2.05, 4.69) is 15.6 Å². The van der Waals surface area contributed by atoms with E-state index in [4.69, 9.17) is 18.7 Å². The minimum absolute atomic E-state index is 0.101. The molecule has 2 aromatic carbocycles. The summed E-state index contributed by atoms with van der Waals surface area (Å²) >= 11 is 0. The fourth-order valence-electron chi connectivity index (χ4n) is 3.41. The van der Waals surface area contributed by atoms with Crippen molar-refractivity contribution in [2.45, 2.75) is 13.5 Å². The summed E-state index contributed by atoms with van der Waals surface area (Å²) < 4.78 is 22.0. The van der Waals surface area contributed by atoms with Crippen LogP contribution >= 0.6 is 0 Å². The van der Waals surface area contributed by atoms with Gasteiger partial charge in [0.2, 0.25) is 5.91 Å². The molecule has 0 spiro atoms. The van der Waals surface area contributed by atoms with Crippen LogP contribution in [-0.2, 0) is 11.3 Å². The van der Waals surface area contributed by atoms with Gasteiger partial charge in [0.1, 0.15) is 35.2 Å². The first-order chi connectivity index (χ1) is 15.9. The molecular formula is C23H22N4O6. The SMILES string of the molecule is COc1ccc(-c2nn(CC(=O)Nc3cc(OC)cc(OC)c3)c(=O)c3noc(C)c23)cc1. The minimum atomic E-state index is -0.530. The van der Waals surface area contributed by atoms with E-state index in [1.54, 1.807) is 44.4 Å². The van der Waals surface area contributed by atoms with Crippen molar-refractivity contribution in [3.05, 3.63) is 58.6 Å². The van der Waals surface area contributed by atoms with Gasteiger partial charge in [0, 0.05) is 29.4 Å². The van der Waals surface area contributed by atoms with Gasteiger partial charge in [-0.05, 0) is 31.2 Å². The summed E-state index contributed by atoms with van der Waals surface area (Å²) in [5, 5.41) is 11.6. The Morgan fingerprint density at radius 1 is 1.00 bits per heavy atom. The maximum Gasteiger partial charge on any atom is 0.297 e. The monoisotopic (exact) mass is 450 g/mol. The number of carbonyl (C=O) groups is 1. The normalized spacial score (nSPS) is 10.8. The van der Waals surface area contributed by atoms with Crippen molar-refractivity contribution >= 4 is 22.5 Å². The Balaban J connectivity index is 1.70. The number of hydrogen-bond acceptors (Lipinski definition) is 8. The van der Waals surface area contributed by atoms with Crippen molar-refractivity contribution in [3.8, 4) is 28.5 Å². The highest BCUT2D eigenvalue weighted by molar-refractivity contribution is 5.94. The molecule has 4 rings (SSSR count). The Morgan fingerprint density at radius 3 is 2.24 bits per heavy atom. The van der Waals surface area contributed by atoms with E-state index in [0.717, 1.165) is 10.2 Å². The van der Waals surface area contributed by atoms with Gasteiger partial charge in [-0.1, -0.05) is 5.16 Å². The average molecular weight is 450 g/mol. The zero-order valence-corrected chi connectivity index (χ0v) is 18.5. The summed E-state index contributed by atoms with van der Waals surface area (Å²) in [5.41, 5.74) is 1.22. The molecule has 0 saturated carbocycles. The Bertz CT molecular complexity index is 1350. The van der Waals surface area contributed by atoms with Crippen molar-refractivity contribution in [1.82, 2.24) is 14.9 Å². The van der Waals surface area contributed by atoms with E-state index < -0.39 is 11.5 Å². The number of methoxy groups -OCH3 is 3. The third-order valence-electron chi connectivity index (χ3n) is 5.05. The molecule has 0 bridgehead atoms. The predicted octanol–water partition coefficient (Wildman–Crippen LogP) is 3.02. The number of aromatic nitrogens is 3. The second-order valence-electron chi connectivity index (χ2n) is 7.15. The molecular weight excluding hydrogens is 428 g/mol. The number of benzene rings is 2. The summed E-state index contributed by atoms with van der Waals surface area (Å²) in [5.74, 6) is 1.71. The van der Waals surface area contributed by atoms with E-state index >= 15 is 0 Å². The molecule has 10 heteroatoms. The lowest BCUT2D eigenvalue weighted by Gasteiger charge is -2.11. The summed E-state index contributed by atoms with van der Waals surface area (Å²) in [7, 11) is 4.60. The molecule has 0 aliphatic heterocycles. The van der Waals surface area contributed by atoms with E-state index in [1.807, 2.05) is 12.1 Å². The third-order valence-corrected chi connectivity index (χ3v) is 5.05. The standard InChI is InChI=1S/C23H22N4O6/c1-13-20-21(14-5-7-16(30-2)8-6-14)25-27(23(29)22(20)26-33-13)12-19(28)24-15-9-17(31-3)11-18(10-15)32-4/h5-11H,12H2,1-4H3,(H,24,28). The zero-order chi connectivity index (χ0) is 23.5. The summed E-state index contributed by atoms with van der Waals surface area (Å²) in [6, 6.07) is 12.2. The van der Waals surface area contributed by atoms with Crippen molar-refractivity contribution in [2.75, 3.05) is 26.6 Å². The van der Waals surface area contributed by atoms with Crippen LogP contribution in [0.4, 0.5) is 5.69 Å². The summed E-state index contributed by atoms with van der Waals surface area (Å²) in [4.78, 5) is 25.7. The molecule has 1 amide bonds. The number of rotatable bonds is 7. The molecule has 1 N–H and O–H groups in total. The third kappa shape index (κ3) is 4.36. The molecule has 33 heavy (non-hydrogen) atoms. The highest BCUT2D eigenvalue weighted by atomic mass is 16.5. The molecule has 0 saturated heterocycles. The van der Waals surface area contributed by atoms with Gasteiger partial charge in [0.25, 0.3) is 5.56 Å². The second-order valence-corrected chi connectivity index (χ2v) is 7.15. The number of amides is 1. The van der Waals surface area contributed by atoms with Crippen LogP contribution in [-0.4, -0.2) is 42.2 Å². The van der Waals surface area contributed by atoms with Crippen molar-refractivity contribution in [1.29, 1.82) is 0 Å². The van der Waals surface area contributed by atoms with Crippen LogP contribution in [0, 0.1) is 6.92 Å². The maximum absolute atomic E-state index is 13.0. The molecule has 0 radical (unpaired) electrons. The molecule has 10 nitrogen and oxygen atoms in total. The first kappa shape index (κ1) is 21.9. The van der Waals surface area contributed by atoms with Crippen LogP contribution in [0.1, 0.15) is 5.76 Å². The second kappa shape index (κ2) is 9.03. The Labute approximate surface area is 188 Å². The largest absolute Gasteiger partial charge is 0.497 e. The van der Waals surface area contributed by atoms with Crippen LogP contribution in [0.25, 0.3) is 22.2 Å². The quantitative estimate of drug-likeness (QED) is 0.457. The lowest BCUT2D eigenvalue weighted by molar-refractivity contribution is -0.117. The molecule has 4 aromatic rings. The number of hydrogen-bond donors (Lipinski definition) is 1. The van der Waals surface area contributed by atoms with E-state index in [1.165, 1.54) is 14.2 Å². The average Bonchev–Trinajstić information content (AvgIpc) is 3.22. The van der Waals surface area contributed by atoms with E-state index in [9.17, 15) is 9.59 Å². The number of nitrogens with zero attached hydrogens (tertiary/aromatic N) is 3. The van der Waals surface area contributed by atoms with Crippen LogP contribution in [0.3, 0.4) is 0 Å². The van der Waals surface area contributed by atoms with Gasteiger partial charge in [-0.15, -0.1) is 0 Å². The maximum atomic E-state index is 13.0. The molecule has 170 valence electrons. The van der Waals surface area contributed by atoms with E-state index in [-0.39, 0.29) is 12.1 Å². The lowest BCUT2D eigenvalue weighted by atomic mass is 10.1. The smallest absolute Gasteiger partial charge is 0.297 e. The Morgan fingerprint density at radius 2 is 1.64 bits per heavy atom. The number of anilines is 1. The number of aryl methyl sites for hydroxylation is 1. The van der Waals surface area contributed by atoms with Gasteiger partial charge >= 0.3 is 0 Å². The number of ether oxygens (including phenoxy) is 3. The molecule has 0 atom stereocenters. The molecule has 0 unspecified atom stereocenters. The van der Waals surface area contributed by atoms with Crippen molar-refractivity contribution in [3.63, 3.8) is 0 Å². The summed E-state index contributed by atoms with van der Waals surface area (Å²) in [6.07, 6.45) is 0. The highest BCUT2D eigenvalue weighted by Crippen LogP contribution is 2.29. The zero-order valence-electron chi connectivity index (χ0n) is 18.5. The highest BCUT2D eigenvalue weighted by Gasteiger charge is 2.20. The number of carbonyl (C=O) groups excluding carboxylic acids is 1. The van der Waals surface area contributed by atoms with Crippen LogP contribution in [0.15, 0.2) is 51.8 Å². The first-order valence-electron chi connectivity index (χ1n) is 9.98. The predicted molar refractivity (Wildman–Crippen MR) is 121 cm³/mol. The van der Waals surface area contributed by atoms with Gasteiger partial charge < -0.3 is 24.1 Å². The van der Waals surface area contributed by atoms with Crippen LogP contribution in [0.5, 0.6) is 17.2 Å². The minimum Gasteiger partial charge on any atom is -0.497 e. The van der Waals surface area contributed by atoms with Crippen LogP contribution in [0.2, 0.25) is 0 Å². The number of fused-ring (bicyclic) bond motifs is 1. The van der Waals surface area contributed by atoms with Crippen molar-refractivity contribution in [2.24, 2.45) is 0 Å².